The van der Waals surface area contributed by atoms with Crippen molar-refractivity contribution in [2.45, 2.75) is 51.2 Å². The molecule has 0 saturated heterocycles. The van der Waals surface area contributed by atoms with Gasteiger partial charge in [0, 0.05) is 0 Å². The average Bonchev–Trinajstić information content (AvgIpc) is 2.56. The molecule has 1 aliphatic carbocycles. The van der Waals surface area contributed by atoms with Gasteiger partial charge in [-0.1, -0.05) is 13.3 Å². The van der Waals surface area contributed by atoms with Crippen molar-refractivity contribution in [1.82, 2.24) is 5.32 Å². The van der Waals surface area contributed by atoms with Crippen LogP contribution in [-0.4, -0.2) is 30.5 Å². The van der Waals surface area contributed by atoms with Gasteiger partial charge in [0.25, 0.3) is 0 Å². The number of rotatable bonds is 7. The number of halogens is 1. The van der Waals surface area contributed by atoms with Gasteiger partial charge in [0.1, 0.15) is 23.5 Å². The Balaban J connectivity index is 1.93. The molecule has 1 saturated carbocycles. The van der Waals surface area contributed by atoms with Crippen molar-refractivity contribution in [2.75, 3.05) is 12.5 Å². The van der Waals surface area contributed by atoms with Crippen molar-refractivity contribution >= 4 is 17.5 Å². The number of amides is 1. The number of ether oxygens (including phenoxy) is 2. The van der Waals surface area contributed by atoms with Gasteiger partial charge in [-0.25, -0.2) is 0 Å². The third-order valence-electron chi connectivity index (χ3n) is 3.75. The lowest BCUT2D eigenvalue weighted by Crippen LogP contribution is -2.48. The van der Waals surface area contributed by atoms with Gasteiger partial charge < -0.3 is 14.8 Å². The third-order valence-corrected chi connectivity index (χ3v) is 4.00. The molecule has 5 heteroatoms. The van der Waals surface area contributed by atoms with E-state index in [1.165, 1.54) is 0 Å². The molecule has 0 aliphatic heterocycles. The highest BCUT2D eigenvalue weighted by Crippen LogP contribution is 2.25. The highest BCUT2D eigenvalue weighted by Gasteiger charge is 2.27. The van der Waals surface area contributed by atoms with Gasteiger partial charge >= 0.3 is 0 Å². The van der Waals surface area contributed by atoms with Gasteiger partial charge in [-0.05, 0) is 49.9 Å². The highest BCUT2D eigenvalue weighted by molar-refractivity contribution is 6.27. The number of alkyl halides is 1. The minimum absolute atomic E-state index is 0.00308. The lowest BCUT2D eigenvalue weighted by atomic mass is 9.92. The van der Waals surface area contributed by atoms with Crippen LogP contribution >= 0.6 is 11.6 Å². The van der Waals surface area contributed by atoms with Gasteiger partial charge in [-0.15, -0.1) is 11.6 Å². The summed E-state index contributed by atoms with van der Waals surface area (Å²) >= 11 is 5.57. The molecular formula is C17H24ClNO3. The summed E-state index contributed by atoms with van der Waals surface area (Å²) in [4.78, 5) is 11.5. The molecule has 2 unspecified atom stereocenters. The van der Waals surface area contributed by atoms with Crippen LogP contribution in [0.25, 0.3) is 0 Å². The van der Waals surface area contributed by atoms with Gasteiger partial charge in [-0.2, -0.15) is 0 Å². The number of hydrogen-bond acceptors (Lipinski definition) is 3. The van der Waals surface area contributed by atoms with E-state index in [4.69, 9.17) is 21.1 Å². The standard InChI is InChI=1S/C17H24ClNO3/c1-2-11-21-13-7-9-14(10-8-13)22-16-6-4-3-5-15(16)19-17(20)12-18/h7-10,15-16H,2-6,11-12H2,1H3,(H,19,20). The van der Waals surface area contributed by atoms with Crippen LogP contribution in [0.5, 0.6) is 11.5 Å². The Morgan fingerprint density at radius 1 is 1.23 bits per heavy atom. The quantitative estimate of drug-likeness (QED) is 0.780. The smallest absolute Gasteiger partial charge is 0.235 e. The zero-order valence-corrected chi connectivity index (χ0v) is 13.8. The van der Waals surface area contributed by atoms with Gasteiger partial charge in [0.05, 0.1) is 12.6 Å². The first-order valence-electron chi connectivity index (χ1n) is 7.97. The van der Waals surface area contributed by atoms with Crippen LogP contribution in [-0.2, 0) is 4.79 Å². The zero-order valence-electron chi connectivity index (χ0n) is 13.0. The second-order valence-electron chi connectivity index (χ2n) is 5.57. The molecule has 2 atom stereocenters. The number of carbonyl (C=O) groups excluding carboxylic acids is 1. The van der Waals surface area contributed by atoms with Crippen molar-refractivity contribution in [3.63, 3.8) is 0 Å². The molecule has 1 N–H and O–H groups in total. The first kappa shape index (κ1) is 16.9. The molecular weight excluding hydrogens is 302 g/mol. The largest absolute Gasteiger partial charge is 0.494 e. The molecule has 1 aromatic carbocycles. The van der Waals surface area contributed by atoms with Crippen molar-refractivity contribution in [3.8, 4) is 11.5 Å². The summed E-state index contributed by atoms with van der Waals surface area (Å²) in [6.07, 6.45) is 5.10. The van der Waals surface area contributed by atoms with Crippen molar-refractivity contribution in [2.24, 2.45) is 0 Å². The summed E-state index contributed by atoms with van der Waals surface area (Å²) in [5.74, 6) is 1.52. The summed E-state index contributed by atoms with van der Waals surface area (Å²) in [6.45, 7) is 2.80. The van der Waals surface area contributed by atoms with Crippen LogP contribution < -0.4 is 14.8 Å². The molecule has 0 aromatic heterocycles. The first-order valence-corrected chi connectivity index (χ1v) is 8.51. The van der Waals surface area contributed by atoms with E-state index in [9.17, 15) is 4.79 Å². The normalized spacial score (nSPS) is 21.2. The second-order valence-corrected chi connectivity index (χ2v) is 5.84. The first-order chi connectivity index (χ1) is 10.7. The molecule has 0 spiro atoms. The molecule has 1 fully saturated rings. The molecule has 0 bridgehead atoms. The Morgan fingerprint density at radius 3 is 2.59 bits per heavy atom. The maximum absolute atomic E-state index is 11.5. The monoisotopic (exact) mass is 325 g/mol. The maximum atomic E-state index is 11.5. The molecule has 0 radical (unpaired) electrons. The SMILES string of the molecule is CCCOc1ccc(OC2CCCCC2NC(=O)CCl)cc1. The Morgan fingerprint density at radius 2 is 1.91 bits per heavy atom. The fourth-order valence-corrected chi connectivity index (χ4v) is 2.73. The van der Waals surface area contributed by atoms with Crippen LogP contribution in [0.1, 0.15) is 39.0 Å². The van der Waals surface area contributed by atoms with E-state index in [-0.39, 0.29) is 23.9 Å². The minimum atomic E-state index is -0.134. The third kappa shape index (κ3) is 5.09. The summed E-state index contributed by atoms with van der Waals surface area (Å²) in [7, 11) is 0. The molecule has 22 heavy (non-hydrogen) atoms. The summed E-state index contributed by atoms with van der Waals surface area (Å²) in [5.41, 5.74) is 0. The van der Waals surface area contributed by atoms with Crippen LogP contribution in [0.4, 0.5) is 0 Å². The molecule has 0 heterocycles. The zero-order chi connectivity index (χ0) is 15.8. The molecule has 4 nitrogen and oxygen atoms in total. The van der Waals surface area contributed by atoms with Gasteiger partial charge in [0.2, 0.25) is 5.91 Å². The summed E-state index contributed by atoms with van der Waals surface area (Å²) in [5, 5.41) is 2.96. The van der Waals surface area contributed by atoms with E-state index in [1.807, 2.05) is 24.3 Å². The summed E-state index contributed by atoms with van der Waals surface area (Å²) < 4.78 is 11.6. The van der Waals surface area contributed by atoms with E-state index in [1.54, 1.807) is 0 Å². The number of carbonyl (C=O) groups is 1. The minimum Gasteiger partial charge on any atom is -0.494 e. The van der Waals surface area contributed by atoms with E-state index in [0.29, 0.717) is 0 Å². The Bertz CT molecular complexity index is 463. The van der Waals surface area contributed by atoms with E-state index in [0.717, 1.165) is 50.2 Å². The van der Waals surface area contributed by atoms with Crippen LogP contribution in [0.3, 0.4) is 0 Å². The maximum Gasteiger partial charge on any atom is 0.235 e. The van der Waals surface area contributed by atoms with E-state index >= 15 is 0 Å². The Hall–Kier alpha value is -1.42. The van der Waals surface area contributed by atoms with Gasteiger partial charge in [0.15, 0.2) is 0 Å². The second kappa shape index (κ2) is 8.89. The predicted molar refractivity (Wildman–Crippen MR) is 87.8 cm³/mol. The molecule has 1 aliphatic rings. The Labute approximate surface area is 137 Å². The predicted octanol–water partition coefficient (Wildman–Crippen LogP) is 3.52. The summed E-state index contributed by atoms with van der Waals surface area (Å²) in [6, 6.07) is 7.71. The number of hydrogen-bond donors (Lipinski definition) is 1. The van der Waals surface area contributed by atoms with Crippen LogP contribution in [0.15, 0.2) is 24.3 Å². The van der Waals surface area contributed by atoms with E-state index in [2.05, 4.69) is 12.2 Å². The topological polar surface area (TPSA) is 47.6 Å². The van der Waals surface area contributed by atoms with Crippen LogP contribution in [0, 0.1) is 0 Å². The van der Waals surface area contributed by atoms with Gasteiger partial charge in [-0.3, -0.25) is 4.79 Å². The van der Waals surface area contributed by atoms with Crippen molar-refractivity contribution in [1.29, 1.82) is 0 Å². The molecule has 1 amide bonds. The molecule has 1 aromatic rings. The lowest BCUT2D eigenvalue weighted by Gasteiger charge is -2.32. The fraction of sp³-hybridized carbons (Fsp3) is 0.588. The molecule has 2 rings (SSSR count). The Kier molecular flexibility index (Phi) is 6.84. The van der Waals surface area contributed by atoms with E-state index < -0.39 is 0 Å². The lowest BCUT2D eigenvalue weighted by molar-refractivity contribution is -0.120. The number of benzene rings is 1. The average molecular weight is 326 g/mol. The number of nitrogens with one attached hydrogen (secondary N) is 1. The highest BCUT2D eigenvalue weighted by atomic mass is 35.5. The van der Waals surface area contributed by atoms with Crippen molar-refractivity contribution in [3.05, 3.63) is 24.3 Å². The van der Waals surface area contributed by atoms with Crippen LogP contribution in [0.2, 0.25) is 0 Å². The molecule has 122 valence electrons. The van der Waals surface area contributed by atoms with Crippen molar-refractivity contribution < 1.29 is 14.3 Å². The fourth-order valence-electron chi connectivity index (χ4n) is 2.66.